The summed E-state index contributed by atoms with van der Waals surface area (Å²) in [6.45, 7) is 0.827. The second kappa shape index (κ2) is 5.14. The molecule has 2 N–H and O–H groups in total. The maximum Gasteiger partial charge on any atom is 0.147 e. The SMILES string of the molecule is NC1=C2c3sccc3CCN2C(C=O)C(c2ccccc2)=C1. The average molecular weight is 308 g/mol. The van der Waals surface area contributed by atoms with Gasteiger partial charge in [-0.15, -0.1) is 11.3 Å². The van der Waals surface area contributed by atoms with Crippen molar-refractivity contribution < 1.29 is 4.79 Å². The Morgan fingerprint density at radius 2 is 2.05 bits per heavy atom. The van der Waals surface area contributed by atoms with E-state index in [0.717, 1.165) is 41.8 Å². The van der Waals surface area contributed by atoms with E-state index in [1.165, 1.54) is 10.4 Å². The minimum absolute atomic E-state index is 0.264. The summed E-state index contributed by atoms with van der Waals surface area (Å²) < 4.78 is 0. The van der Waals surface area contributed by atoms with Crippen molar-refractivity contribution in [3.8, 4) is 0 Å². The molecule has 0 saturated carbocycles. The van der Waals surface area contributed by atoms with Crippen molar-refractivity contribution in [2.75, 3.05) is 6.54 Å². The van der Waals surface area contributed by atoms with Gasteiger partial charge in [0, 0.05) is 6.54 Å². The van der Waals surface area contributed by atoms with E-state index in [0.29, 0.717) is 0 Å². The molecular formula is C18H16N2OS. The highest BCUT2D eigenvalue weighted by molar-refractivity contribution is 7.11. The molecule has 0 spiro atoms. The van der Waals surface area contributed by atoms with Crippen molar-refractivity contribution in [1.29, 1.82) is 0 Å². The summed E-state index contributed by atoms with van der Waals surface area (Å²) in [5.74, 6) is 0. The first-order valence-electron chi connectivity index (χ1n) is 7.35. The van der Waals surface area contributed by atoms with Crippen LogP contribution in [0.2, 0.25) is 0 Å². The number of fused-ring (bicyclic) bond motifs is 3. The lowest BCUT2D eigenvalue weighted by Crippen LogP contribution is -2.42. The summed E-state index contributed by atoms with van der Waals surface area (Å²) in [7, 11) is 0. The lowest BCUT2D eigenvalue weighted by atomic mass is 9.90. The molecule has 0 aliphatic carbocycles. The van der Waals surface area contributed by atoms with E-state index in [1.807, 2.05) is 36.4 Å². The topological polar surface area (TPSA) is 46.3 Å². The molecule has 2 aliphatic rings. The number of hydrogen-bond donors (Lipinski definition) is 1. The smallest absolute Gasteiger partial charge is 0.147 e. The zero-order valence-corrected chi connectivity index (χ0v) is 12.8. The van der Waals surface area contributed by atoms with Crippen LogP contribution >= 0.6 is 11.3 Å². The third kappa shape index (κ3) is 1.91. The lowest BCUT2D eigenvalue weighted by molar-refractivity contribution is -0.110. The van der Waals surface area contributed by atoms with Crippen LogP contribution in [0.4, 0.5) is 0 Å². The number of nitrogens with zero attached hydrogens (tertiary/aromatic N) is 1. The zero-order chi connectivity index (χ0) is 15.1. The van der Waals surface area contributed by atoms with E-state index >= 15 is 0 Å². The van der Waals surface area contributed by atoms with Gasteiger partial charge in [-0.2, -0.15) is 0 Å². The summed E-state index contributed by atoms with van der Waals surface area (Å²) >= 11 is 1.70. The van der Waals surface area contributed by atoms with E-state index < -0.39 is 0 Å². The molecule has 0 bridgehead atoms. The number of carbonyl (C=O) groups excluding carboxylic acids is 1. The Hall–Kier alpha value is -2.33. The molecule has 4 heteroatoms. The molecule has 110 valence electrons. The number of rotatable bonds is 2. The summed E-state index contributed by atoms with van der Waals surface area (Å²) in [5.41, 5.74) is 11.5. The number of thiophene rings is 1. The van der Waals surface area contributed by atoms with Gasteiger partial charge in [-0.05, 0) is 40.6 Å². The molecule has 2 aliphatic heterocycles. The van der Waals surface area contributed by atoms with Crippen molar-refractivity contribution in [3.05, 3.63) is 69.6 Å². The van der Waals surface area contributed by atoms with E-state index in [-0.39, 0.29) is 6.04 Å². The standard InChI is InChI=1S/C18H16N2OS/c19-15-10-14(12-4-2-1-3-5-12)16(11-21)20-8-6-13-7-9-22-18(13)17(15)20/h1-5,7,9-11,16H,6,8,19H2. The number of nitrogens with two attached hydrogens (primary N) is 1. The largest absolute Gasteiger partial charge is 0.397 e. The normalized spacial score (nSPS) is 20.3. The predicted molar refractivity (Wildman–Crippen MR) is 90.1 cm³/mol. The predicted octanol–water partition coefficient (Wildman–Crippen LogP) is 2.90. The summed E-state index contributed by atoms with van der Waals surface area (Å²) in [4.78, 5) is 15.2. The van der Waals surface area contributed by atoms with Crippen LogP contribution in [0.25, 0.3) is 11.3 Å². The fraction of sp³-hybridized carbons (Fsp3) is 0.167. The second-order valence-corrected chi connectivity index (χ2v) is 6.49. The van der Waals surface area contributed by atoms with Crippen LogP contribution in [0, 0.1) is 0 Å². The van der Waals surface area contributed by atoms with Crippen molar-refractivity contribution in [1.82, 2.24) is 4.90 Å². The Balaban J connectivity index is 1.90. The lowest BCUT2D eigenvalue weighted by Gasteiger charge is -2.40. The van der Waals surface area contributed by atoms with Crippen LogP contribution in [-0.2, 0) is 11.2 Å². The first-order chi connectivity index (χ1) is 10.8. The monoisotopic (exact) mass is 308 g/mol. The Bertz CT molecular complexity index is 788. The quantitative estimate of drug-likeness (QED) is 0.868. The van der Waals surface area contributed by atoms with Crippen LogP contribution < -0.4 is 5.73 Å². The highest BCUT2D eigenvalue weighted by atomic mass is 32.1. The first-order valence-corrected chi connectivity index (χ1v) is 8.23. The summed E-state index contributed by atoms with van der Waals surface area (Å²) in [6, 6.07) is 11.9. The van der Waals surface area contributed by atoms with Gasteiger partial charge in [-0.1, -0.05) is 30.3 Å². The maximum atomic E-state index is 11.8. The van der Waals surface area contributed by atoms with Gasteiger partial charge in [-0.3, -0.25) is 0 Å². The number of benzene rings is 1. The molecule has 1 aromatic heterocycles. The van der Waals surface area contributed by atoms with Crippen molar-refractivity contribution >= 4 is 28.9 Å². The fourth-order valence-electron chi connectivity index (χ4n) is 3.32. The molecule has 1 aromatic carbocycles. The van der Waals surface area contributed by atoms with Gasteiger partial charge in [0.1, 0.15) is 12.3 Å². The highest BCUT2D eigenvalue weighted by Crippen LogP contribution is 2.41. The molecule has 1 atom stereocenters. The second-order valence-electron chi connectivity index (χ2n) is 5.57. The molecule has 1 unspecified atom stereocenters. The van der Waals surface area contributed by atoms with Gasteiger partial charge in [0.15, 0.2) is 0 Å². The summed E-state index contributed by atoms with van der Waals surface area (Å²) in [5, 5.41) is 2.10. The maximum absolute atomic E-state index is 11.8. The Labute approximate surface area is 133 Å². The van der Waals surface area contributed by atoms with Gasteiger partial charge >= 0.3 is 0 Å². The van der Waals surface area contributed by atoms with Crippen LogP contribution in [-0.4, -0.2) is 23.8 Å². The third-order valence-electron chi connectivity index (χ3n) is 4.35. The number of aldehydes is 1. The van der Waals surface area contributed by atoms with Crippen LogP contribution in [0.3, 0.4) is 0 Å². The third-order valence-corrected chi connectivity index (χ3v) is 5.31. The molecule has 3 nitrogen and oxygen atoms in total. The van der Waals surface area contributed by atoms with Crippen molar-refractivity contribution in [3.63, 3.8) is 0 Å². The van der Waals surface area contributed by atoms with Crippen molar-refractivity contribution in [2.24, 2.45) is 5.73 Å². The molecular weight excluding hydrogens is 292 g/mol. The van der Waals surface area contributed by atoms with Gasteiger partial charge in [-0.25, -0.2) is 0 Å². The Morgan fingerprint density at radius 1 is 1.23 bits per heavy atom. The average Bonchev–Trinajstić information content (AvgIpc) is 3.03. The summed E-state index contributed by atoms with van der Waals surface area (Å²) in [6.07, 6.45) is 3.96. The minimum Gasteiger partial charge on any atom is -0.397 e. The van der Waals surface area contributed by atoms with E-state index in [9.17, 15) is 4.79 Å². The van der Waals surface area contributed by atoms with Gasteiger partial charge < -0.3 is 15.4 Å². The van der Waals surface area contributed by atoms with Crippen LogP contribution in [0.1, 0.15) is 16.0 Å². The number of carbonyl (C=O) groups is 1. The van der Waals surface area contributed by atoms with Gasteiger partial charge in [0.2, 0.25) is 0 Å². The molecule has 0 radical (unpaired) electrons. The van der Waals surface area contributed by atoms with E-state index in [2.05, 4.69) is 16.3 Å². The van der Waals surface area contributed by atoms with Crippen LogP contribution in [0.5, 0.6) is 0 Å². The number of allylic oxidation sites excluding steroid dienone is 1. The Kier molecular flexibility index (Phi) is 3.12. The molecule has 2 aromatic rings. The molecule has 0 amide bonds. The van der Waals surface area contributed by atoms with E-state index in [4.69, 9.17) is 5.73 Å². The fourth-order valence-corrected chi connectivity index (χ4v) is 4.36. The minimum atomic E-state index is -0.264. The molecule has 4 rings (SSSR count). The molecule has 0 fully saturated rings. The zero-order valence-electron chi connectivity index (χ0n) is 12.0. The Morgan fingerprint density at radius 3 is 2.82 bits per heavy atom. The van der Waals surface area contributed by atoms with Gasteiger partial charge in [0.05, 0.1) is 16.3 Å². The molecule has 3 heterocycles. The number of hydrogen-bond acceptors (Lipinski definition) is 4. The molecule has 0 saturated heterocycles. The van der Waals surface area contributed by atoms with Crippen molar-refractivity contribution in [2.45, 2.75) is 12.5 Å². The first kappa shape index (κ1) is 13.3. The van der Waals surface area contributed by atoms with Gasteiger partial charge in [0.25, 0.3) is 0 Å². The van der Waals surface area contributed by atoms with Crippen LogP contribution in [0.15, 0.2) is 53.6 Å². The molecule has 22 heavy (non-hydrogen) atoms. The van der Waals surface area contributed by atoms with E-state index in [1.54, 1.807) is 11.3 Å². The highest BCUT2D eigenvalue weighted by Gasteiger charge is 2.34.